The maximum atomic E-state index is 14.0. The van der Waals surface area contributed by atoms with Crippen molar-refractivity contribution < 1.29 is 8.78 Å². The lowest BCUT2D eigenvalue weighted by Gasteiger charge is -2.17. The van der Waals surface area contributed by atoms with E-state index >= 15 is 0 Å². The highest BCUT2D eigenvalue weighted by Crippen LogP contribution is 2.31. The summed E-state index contributed by atoms with van der Waals surface area (Å²) >= 11 is 6.39. The van der Waals surface area contributed by atoms with Gasteiger partial charge in [-0.3, -0.25) is 0 Å². The first-order chi connectivity index (χ1) is 8.91. The number of benzene rings is 2. The molecule has 19 heavy (non-hydrogen) atoms. The summed E-state index contributed by atoms with van der Waals surface area (Å²) in [5, 5.41) is 0. The van der Waals surface area contributed by atoms with Gasteiger partial charge in [-0.1, -0.05) is 22.0 Å². The van der Waals surface area contributed by atoms with E-state index in [4.69, 9.17) is 5.73 Å². The predicted octanol–water partition coefficient (Wildman–Crippen LogP) is 4.85. The number of hydrogen-bond acceptors (Lipinski definition) is 1. The van der Waals surface area contributed by atoms with E-state index in [-0.39, 0.29) is 10.0 Å². The van der Waals surface area contributed by atoms with Gasteiger partial charge in [-0.2, -0.15) is 0 Å². The van der Waals surface area contributed by atoms with Gasteiger partial charge in [0.2, 0.25) is 0 Å². The van der Waals surface area contributed by atoms with Crippen LogP contribution in [0.5, 0.6) is 0 Å². The van der Waals surface area contributed by atoms with Crippen LogP contribution in [0.3, 0.4) is 0 Å². The Morgan fingerprint density at radius 1 is 1.11 bits per heavy atom. The van der Waals surface area contributed by atoms with Gasteiger partial charge in [0.1, 0.15) is 11.6 Å². The molecule has 0 spiro atoms. The lowest BCUT2D eigenvalue weighted by Crippen LogP contribution is -2.17. The van der Waals surface area contributed by atoms with E-state index < -0.39 is 17.7 Å². The van der Waals surface area contributed by atoms with Gasteiger partial charge < -0.3 is 5.73 Å². The van der Waals surface area contributed by atoms with Crippen molar-refractivity contribution in [3.8, 4) is 0 Å². The van der Waals surface area contributed by atoms with Crippen molar-refractivity contribution in [1.29, 1.82) is 0 Å². The number of hydrogen-bond donors (Lipinski definition) is 1. The summed E-state index contributed by atoms with van der Waals surface area (Å²) in [6.07, 6.45) is 0. The second-order valence-electron chi connectivity index (χ2n) is 4.24. The molecule has 0 bridgehead atoms. The normalized spacial score (nSPS) is 12.5. The number of nitrogens with two attached hydrogens (primary N) is 1. The molecule has 0 aliphatic heterocycles. The summed E-state index contributed by atoms with van der Waals surface area (Å²) in [4.78, 5) is 0. The molecule has 0 saturated carbocycles. The zero-order chi connectivity index (χ0) is 14.2. The standard InChI is InChI=1S/C14H11Br2F2N/c1-7-6-8(15)2-3-9(7)14(19)12-11(17)5-4-10(16)13(12)18/h2-6,14H,19H2,1H3. The van der Waals surface area contributed by atoms with Crippen molar-refractivity contribution in [2.45, 2.75) is 13.0 Å². The minimum Gasteiger partial charge on any atom is -0.320 e. The lowest BCUT2D eigenvalue weighted by molar-refractivity contribution is 0.539. The van der Waals surface area contributed by atoms with Crippen molar-refractivity contribution >= 4 is 31.9 Å². The molecule has 1 atom stereocenters. The Morgan fingerprint density at radius 3 is 2.42 bits per heavy atom. The van der Waals surface area contributed by atoms with E-state index in [1.165, 1.54) is 12.1 Å². The summed E-state index contributed by atoms with van der Waals surface area (Å²) in [5.74, 6) is -1.30. The fourth-order valence-electron chi connectivity index (χ4n) is 1.97. The van der Waals surface area contributed by atoms with Gasteiger partial charge in [0.25, 0.3) is 0 Å². The summed E-state index contributed by atoms with van der Waals surface area (Å²) < 4.78 is 29.0. The maximum absolute atomic E-state index is 14.0. The smallest absolute Gasteiger partial charge is 0.145 e. The first-order valence-corrected chi connectivity index (χ1v) is 7.15. The molecular weight excluding hydrogens is 380 g/mol. The van der Waals surface area contributed by atoms with Crippen molar-refractivity contribution in [2.75, 3.05) is 0 Å². The topological polar surface area (TPSA) is 26.0 Å². The molecule has 100 valence electrons. The van der Waals surface area contributed by atoms with E-state index in [9.17, 15) is 8.78 Å². The Morgan fingerprint density at radius 2 is 1.79 bits per heavy atom. The Labute approximate surface area is 127 Å². The van der Waals surface area contributed by atoms with Gasteiger partial charge in [0, 0.05) is 10.0 Å². The van der Waals surface area contributed by atoms with Crippen molar-refractivity contribution in [3.63, 3.8) is 0 Å². The number of rotatable bonds is 2. The molecular formula is C14H11Br2F2N. The van der Waals surface area contributed by atoms with Gasteiger partial charge in [-0.05, 0) is 58.2 Å². The third-order valence-electron chi connectivity index (χ3n) is 2.96. The van der Waals surface area contributed by atoms with Gasteiger partial charge in [-0.15, -0.1) is 0 Å². The number of aryl methyl sites for hydroxylation is 1. The van der Waals surface area contributed by atoms with Crippen LogP contribution in [0.15, 0.2) is 39.3 Å². The predicted molar refractivity (Wildman–Crippen MR) is 79.0 cm³/mol. The molecule has 0 saturated heterocycles. The van der Waals surface area contributed by atoms with Crippen LogP contribution >= 0.6 is 31.9 Å². The summed E-state index contributed by atoms with van der Waals surface area (Å²) in [5.41, 5.74) is 7.47. The van der Waals surface area contributed by atoms with Gasteiger partial charge in [0.05, 0.1) is 10.5 Å². The zero-order valence-corrected chi connectivity index (χ0v) is 13.2. The Balaban J connectivity index is 2.56. The molecule has 0 amide bonds. The summed E-state index contributed by atoms with van der Waals surface area (Å²) in [7, 11) is 0. The molecule has 0 aliphatic rings. The van der Waals surface area contributed by atoms with E-state index in [1.54, 1.807) is 12.1 Å². The molecule has 0 fully saturated rings. The molecule has 1 unspecified atom stereocenters. The second kappa shape index (κ2) is 5.69. The first-order valence-electron chi connectivity index (χ1n) is 5.57. The first kappa shape index (κ1) is 14.6. The zero-order valence-electron chi connectivity index (χ0n) is 10.1. The van der Waals surface area contributed by atoms with Crippen molar-refractivity contribution in [2.24, 2.45) is 5.73 Å². The van der Waals surface area contributed by atoms with Crippen LogP contribution in [0.25, 0.3) is 0 Å². The molecule has 2 rings (SSSR count). The third-order valence-corrected chi connectivity index (χ3v) is 4.06. The van der Waals surface area contributed by atoms with E-state index in [1.807, 2.05) is 13.0 Å². The highest BCUT2D eigenvalue weighted by molar-refractivity contribution is 9.10. The molecule has 0 heterocycles. The second-order valence-corrected chi connectivity index (χ2v) is 6.01. The molecule has 2 aromatic carbocycles. The Hall–Kier alpha value is -0.780. The van der Waals surface area contributed by atoms with Crippen LogP contribution < -0.4 is 5.73 Å². The average Bonchev–Trinajstić information content (AvgIpc) is 2.34. The lowest BCUT2D eigenvalue weighted by atomic mass is 9.95. The van der Waals surface area contributed by atoms with Crippen LogP contribution in [0.4, 0.5) is 8.78 Å². The minimum atomic E-state index is -0.842. The summed E-state index contributed by atoms with van der Waals surface area (Å²) in [6.45, 7) is 1.85. The maximum Gasteiger partial charge on any atom is 0.145 e. The average molecular weight is 391 g/mol. The van der Waals surface area contributed by atoms with E-state index in [0.717, 1.165) is 10.0 Å². The van der Waals surface area contributed by atoms with Crippen LogP contribution in [-0.4, -0.2) is 0 Å². The van der Waals surface area contributed by atoms with Gasteiger partial charge in [-0.25, -0.2) is 8.78 Å². The van der Waals surface area contributed by atoms with Gasteiger partial charge >= 0.3 is 0 Å². The van der Waals surface area contributed by atoms with Crippen LogP contribution in [0.2, 0.25) is 0 Å². The highest BCUT2D eigenvalue weighted by atomic mass is 79.9. The molecule has 2 N–H and O–H groups in total. The fourth-order valence-corrected chi connectivity index (χ4v) is 2.79. The van der Waals surface area contributed by atoms with Crippen LogP contribution in [-0.2, 0) is 0 Å². The fraction of sp³-hybridized carbons (Fsp3) is 0.143. The molecule has 2 aromatic rings. The number of halogens is 4. The molecule has 5 heteroatoms. The quantitative estimate of drug-likeness (QED) is 0.729. The molecule has 0 aromatic heterocycles. The summed E-state index contributed by atoms with van der Waals surface area (Å²) in [6, 6.07) is 7.12. The van der Waals surface area contributed by atoms with Crippen molar-refractivity contribution in [1.82, 2.24) is 0 Å². The van der Waals surface area contributed by atoms with E-state index in [2.05, 4.69) is 31.9 Å². The van der Waals surface area contributed by atoms with Crippen LogP contribution in [0, 0.1) is 18.6 Å². The minimum absolute atomic E-state index is 0.125. The molecule has 0 radical (unpaired) electrons. The molecule has 0 aliphatic carbocycles. The monoisotopic (exact) mass is 389 g/mol. The third kappa shape index (κ3) is 2.88. The SMILES string of the molecule is Cc1cc(Br)ccc1C(N)c1c(F)ccc(Br)c1F. The highest BCUT2D eigenvalue weighted by Gasteiger charge is 2.21. The van der Waals surface area contributed by atoms with Crippen LogP contribution in [0.1, 0.15) is 22.7 Å². The molecule has 1 nitrogen and oxygen atoms in total. The van der Waals surface area contributed by atoms with E-state index in [0.29, 0.717) is 5.56 Å². The Kier molecular flexibility index (Phi) is 4.38. The van der Waals surface area contributed by atoms with Crippen molar-refractivity contribution in [3.05, 3.63) is 67.6 Å². The largest absolute Gasteiger partial charge is 0.320 e. The Bertz CT molecular complexity index is 629. The van der Waals surface area contributed by atoms with Gasteiger partial charge in [0.15, 0.2) is 0 Å².